The van der Waals surface area contributed by atoms with Gasteiger partial charge in [0.1, 0.15) is 11.8 Å². The van der Waals surface area contributed by atoms with Crippen LogP contribution >= 0.6 is 0 Å². The second-order valence-electron chi connectivity index (χ2n) is 6.14. The van der Waals surface area contributed by atoms with E-state index in [1.165, 1.54) is 0 Å². The van der Waals surface area contributed by atoms with Gasteiger partial charge >= 0.3 is 5.97 Å². The molecule has 1 aliphatic heterocycles. The predicted molar refractivity (Wildman–Crippen MR) is 84.0 cm³/mol. The van der Waals surface area contributed by atoms with Gasteiger partial charge in [-0.1, -0.05) is 12.1 Å². The zero-order chi connectivity index (χ0) is 16.1. The molecule has 0 amide bonds. The van der Waals surface area contributed by atoms with E-state index in [9.17, 15) is 15.0 Å². The molecule has 0 saturated carbocycles. The lowest BCUT2D eigenvalue weighted by Gasteiger charge is -2.35. The van der Waals surface area contributed by atoms with Crippen LogP contribution in [0.15, 0.2) is 24.3 Å². The van der Waals surface area contributed by atoms with Crippen LogP contribution in [0, 0.1) is 5.92 Å². The van der Waals surface area contributed by atoms with E-state index in [-0.39, 0.29) is 12.7 Å². The summed E-state index contributed by atoms with van der Waals surface area (Å²) in [5, 5.41) is 18.8. The van der Waals surface area contributed by atoms with E-state index in [2.05, 4.69) is 0 Å². The number of ether oxygens (including phenoxy) is 1. The first-order chi connectivity index (χ1) is 10.5. The molecule has 1 aliphatic rings. The Morgan fingerprint density at radius 3 is 2.32 bits per heavy atom. The molecule has 2 rings (SSSR count). The van der Waals surface area contributed by atoms with Gasteiger partial charge in [-0.25, -0.2) is 0 Å². The molecule has 1 heterocycles. The highest BCUT2D eigenvalue weighted by Crippen LogP contribution is 2.28. The van der Waals surface area contributed by atoms with Crippen LogP contribution in [0.25, 0.3) is 0 Å². The monoisotopic (exact) mass is 307 g/mol. The molecule has 5 heteroatoms. The van der Waals surface area contributed by atoms with E-state index >= 15 is 0 Å². The SMILES string of the molecule is CC(C)Oc1ccc(C(C(=O)O)N2CCC(CO)CC2)cc1. The van der Waals surface area contributed by atoms with Gasteiger partial charge in [0, 0.05) is 6.61 Å². The minimum atomic E-state index is -0.833. The number of nitrogens with zero attached hydrogens (tertiary/aromatic N) is 1. The van der Waals surface area contributed by atoms with Crippen molar-refractivity contribution >= 4 is 5.97 Å². The molecular formula is C17H25NO4. The fourth-order valence-corrected chi connectivity index (χ4v) is 2.90. The van der Waals surface area contributed by atoms with Gasteiger partial charge in [-0.2, -0.15) is 0 Å². The molecule has 1 saturated heterocycles. The maximum Gasteiger partial charge on any atom is 0.325 e. The second kappa shape index (κ2) is 7.61. The van der Waals surface area contributed by atoms with Crippen LogP contribution in [-0.4, -0.2) is 46.9 Å². The molecular weight excluding hydrogens is 282 g/mol. The lowest BCUT2D eigenvalue weighted by Crippen LogP contribution is -2.40. The number of benzene rings is 1. The molecule has 122 valence electrons. The highest BCUT2D eigenvalue weighted by Gasteiger charge is 2.30. The Morgan fingerprint density at radius 2 is 1.86 bits per heavy atom. The number of rotatable bonds is 6. The van der Waals surface area contributed by atoms with Gasteiger partial charge in [0.25, 0.3) is 0 Å². The highest BCUT2D eigenvalue weighted by atomic mass is 16.5. The summed E-state index contributed by atoms with van der Waals surface area (Å²) >= 11 is 0. The van der Waals surface area contributed by atoms with Crippen LogP contribution < -0.4 is 4.74 Å². The van der Waals surface area contributed by atoms with Crippen molar-refractivity contribution in [2.24, 2.45) is 5.92 Å². The third-order valence-electron chi connectivity index (χ3n) is 4.07. The summed E-state index contributed by atoms with van der Waals surface area (Å²) in [7, 11) is 0. The summed E-state index contributed by atoms with van der Waals surface area (Å²) in [5.74, 6) is 0.217. The minimum Gasteiger partial charge on any atom is -0.491 e. The molecule has 2 N–H and O–H groups in total. The Labute approximate surface area is 131 Å². The van der Waals surface area contributed by atoms with Crippen molar-refractivity contribution in [3.63, 3.8) is 0 Å². The Bertz CT molecular complexity index is 478. The molecule has 1 aromatic carbocycles. The van der Waals surface area contributed by atoms with Crippen molar-refractivity contribution in [1.82, 2.24) is 4.90 Å². The standard InChI is InChI=1S/C17H25NO4/c1-12(2)22-15-5-3-14(4-6-15)16(17(20)21)18-9-7-13(11-19)8-10-18/h3-6,12-13,16,19H,7-11H2,1-2H3,(H,20,21). The van der Waals surface area contributed by atoms with Gasteiger partial charge < -0.3 is 14.9 Å². The van der Waals surface area contributed by atoms with Crippen LogP contribution in [-0.2, 0) is 4.79 Å². The van der Waals surface area contributed by atoms with Crippen LogP contribution in [0.1, 0.15) is 38.3 Å². The van der Waals surface area contributed by atoms with Crippen LogP contribution in [0.2, 0.25) is 0 Å². The summed E-state index contributed by atoms with van der Waals surface area (Å²) < 4.78 is 5.59. The number of carboxylic acid groups (broad SMARTS) is 1. The predicted octanol–water partition coefficient (Wildman–Crippen LogP) is 2.30. The van der Waals surface area contributed by atoms with Gasteiger partial charge in [0.15, 0.2) is 0 Å². The Balaban J connectivity index is 2.09. The van der Waals surface area contributed by atoms with E-state index in [0.717, 1.165) is 24.2 Å². The lowest BCUT2D eigenvalue weighted by atomic mass is 9.95. The molecule has 1 atom stereocenters. The van der Waals surface area contributed by atoms with Crippen LogP contribution in [0.5, 0.6) is 5.75 Å². The smallest absolute Gasteiger partial charge is 0.325 e. The third-order valence-corrected chi connectivity index (χ3v) is 4.07. The van der Waals surface area contributed by atoms with E-state index < -0.39 is 12.0 Å². The van der Waals surface area contributed by atoms with E-state index in [1.54, 1.807) is 0 Å². The molecule has 0 bridgehead atoms. The van der Waals surface area contributed by atoms with Crippen LogP contribution in [0.4, 0.5) is 0 Å². The highest BCUT2D eigenvalue weighted by molar-refractivity contribution is 5.75. The van der Waals surface area contributed by atoms with Crippen molar-refractivity contribution in [3.05, 3.63) is 29.8 Å². The van der Waals surface area contributed by atoms with Crippen molar-refractivity contribution in [2.45, 2.75) is 38.8 Å². The normalized spacial score (nSPS) is 18.4. The summed E-state index contributed by atoms with van der Waals surface area (Å²) in [6, 6.07) is 6.67. The number of aliphatic hydroxyl groups excluding tert-OH is 1. The number of aliphatic hydroxyl groups is 1. The van der Waals surface area contributed by atoms with Gasteiger partial charge in [-0.3, -0.25) is 9.69 Å². The van der Waals surface area contributed by atoms with Gasteiger partial charge in [-0.05, 0) is 63.4 Å². The fourth-order valence-electron chi connectivity index (χ4n) is 2.90. The average molecular weight is 307 g/mol. The number of hydrogen-bond donors (Lipinski definition) is 2. The Kier molecular flexibility index (Phi) is 5.80. The maximum absolute atomic E-state index is 11.7. The molecule has 1 aromatic rings. The number of carboxylic acids is 1. The number of hydrogen-bond acceptors (Lipinski definition) is 4. The summed E-state index contributed by atoms with van der Waals surface area (Å²) in [5.41, 5.74) is 0.769. The summed E-state index contributed by atoms with van der Waals surface area (Å²) in [6.45, 7) is 5.50. The molecule has 0 aromatic heterocycles. The fraction of sp³-hybridized carbons (Fsp3) is 0.588. The van der Waals surface area contributed by atoms with E-state index in [1.807, 2.05) is 43.0 Å². The van der Waals surface area contributed by atoms with Crippen molar-refractivity contribution in [3.8, 4) is 5.75 Å². The first kappa shape index (κ1) is 16.8. The van der Waals surface area contributed by atoms with E-state index in [4.69, 9.17) is 4.74 Å². The number of likely N-dealkylation sites (tertiary alicyclic amines) is 1. The van der Waals surface area contributed by atoms with E-state index in [0.29, 0.717) is 19.0 Å². The van der Waals surface area contributed by atoms with Crippen LogP contribution in [0.3, 0.4) is 0 Å². The average Bonchev–Trinajstić information content (AvgIpc) is 2.49. The Hall–Kier alpha value is -1.59. The first-order valence-corrected chi connectivity index (χ1v) is 7.85. The zero-order valence-electron chi connectivity index (χ0n) is 13.2. The molecule has 22 heavy (non-hydrogen) atoms. The minimum absolute atomic E-state index is 0.0960. The van der Waals surface area contributed by atoms with Gasteiger partial charge in [-0.15, -0.1) is 0 Å². The molecule has 0 radical (unpaired) electrons. The zero-order valence-corrected chi connectivity index (χ0v) is 13.2. The number of carbonyl (C=O) groups is 1. The largest absolute Gasteiger partial charge is 0.491 e. The second-order valence-corrected chi connectivity index (χ2v) is 6.14. The summed E-state index contributed by atoms with van der Waals surface area (Å²) in [4.78, 5) is 13.7. The molecule has 0 aliphatic carbocycles. The molecule has 0 spiro atoms. The molecule has 1 fully saturated rings. The number of aliphatic carboxylic acids is 1. The topological polar surface area (TPSA) is 70.0 Å². The Morgan fingerprint density at radius 1 is 1.27 bits per heavy atom. The van der Waals surface area contributed by atoms with Crippen molar-refractivity contribution in [1.29, 1.82) is 0 Å². The molecule has 5 nitrogen and oxygen atoms in total. The lowest BCUT2D eigenvalue weighted by molar-refractivity contribution is -0.144. The summed E-state index contributed by atoms with van der Waals surface area (Å²) in [6.07, 6.45) is 1.78. The first-order valence-electron chi connectivity index (χ1n) is 7.85. The molecule has 1 unspecified atom stereocenters. The van der Waals surface area contributed by atoms with Gasteiger partial charge in [0.2, 0.25) is 0 Å². The maximum atomic E-state index is 11.7. The third kappa shape index (κ3) is 4.21. The van der Waals surface area contributed by atoms with Crippen molar-refractivity contribution < 1.29 is 19.7 Å². The van der Waals surface area contributed by atoms with Gasteiger partial charge in [0.05, 0.1) is 6.10 Å². The quantitative estimate of drug-likeness (QED) is 0.844. The number of piperidine rings is 1. The van der Waals surface area contributed by atoms with Crippen molar-refractivity contribution in [2.75, 3.05) is 19.7 Å².